The lowest BCUT2D eigenvalue weighted by molar-refractivity contribution is 0.110. The van der Waals surface area contributed by atoms with Crippen LogP contribution in [0, 0.1) is 0 Å². The summed E-state index contributed by atoms with van der Waals surface area (Å²) in [5, 5.41) is 9.10. The SMILES string of the molecule is Cn1cnc(S(=O)(=O)NC2(CO)CCC2)c1Cl. The van der Waals surface area contributed by atoms with E-state index in [1.807, 2.05) is 0 Å². The molecule has 1 fully saturated rings. The molecule has 1 aromatic rings. The van der Waals surface area contributed by atoms with Gasteiger partial charge in [0.2, 0.25) is 5.03 Å². The van der Waals surface area contributed by atoms with Gasteiger partial charge in [-0.1, -0.05) is 11.6 Å². The Bertz CT molecular complexity index is 516. The quantitative estimate of drug-likeness (QED) is 0.828. The van der Waals surface area contributed by atoms with E-state index in [-0.39, 0.29) is 16.8 Å². The van der Waals surface area contributed by atoms with Crippen LogP contribution in [0.4, 0.5) is 0 Å². The van der Waals surface area contributed by atoms with Crippen LogP contribution in [0.5, 0.6) is 0 Å². The summed E-state index contributed by atoms with van der Waals surface area (Å²) in [5.74, 6) is 0. The third-order valence-corrected chi connectivity index (χ3v) is 5.12. The standard InChI is InChI=1S/C9H14ClN3O3S/c1-13-6-11-8(7(13)10)17(15,16)12-9(5-14)3-2-4-9/h6,12,14H,2-5H2,1H3. The van der Waals surface area contributed by atoms with Crippen molar-refractivity contribution in [2.24, 2.45) is 7.05 Å². The maximum Gasteiger partial charge on any atom is 0.261 e. The molecule has 2 rings (SSSR count). The fraction of sp³-hybridized carbons (Fsp3) is 0.667. The van der Waals surface area contributed by atoms with Crippen molar-refractivity contribution in [1.29, 1.82) is 0 Å². The lowest BCUT2D eigenvalue weighted by Crippen LogP contribution is -2.56. The van der Waals surface area contributed by atoms with Gasteiger partial charge in [-0.05, 0) is 19.3 Å². The number of aryl methyl sites for hydroxylation is 1. The van der Waals surface area contributed by atoms with Crippen LogP contribution in [0.2, 0.25) is 5.15 Å². The van der Waals surface area contributed by atoms with Gasteiger partial charge in [-0.15, -0.1) is 0 Å². The second kappa shape index (κ2) is 4.24. The molecule has 0 aliphatic heterocycles. The van der Waals surface area contributed by atoms with Gasteiger partial charge in [-0.2, -0.15) is 0 Å². The van der Waals surface area contributed by atoms with Crippen LogP contribution >= 0.6 is 11.6 Å². The zero-order valence-electron chi connectivity index (χ0n) is 9.35. The maximum atomic E-state index is 12.1. The first-order valence-corrected chi connectivity index (χ1v) is 7.08. The minimum atomic E-state index is -3.77. The molecule has 0 saturated heterocycles. The molecule has 1 heterocycles. The molecular formula is C9H14ClN3O3S. The van der Waals surface area contributed by atoms with Gasteiger partial charge in [0.1, 0.15) is 5.15 Å². The summed E-state index contributed by atoms with van der Waals surface area (Å²) in [6.07, 6.45) is 3.50. The Balaban J connectivity index is 2.28. The van der Waals surface area contributed by atoms with E-state index < -0.39 is 15.6 Å². The fourth-order valence-electron chi connectivity index (χ4n) is 1.80. The molecule has 1 aliphatic rings. The molecule has 0 aromatic carbocycles. The predicted octanol–water partition coefficient (Wildman–Crippen LogP) is 0.267. The summed E-state index contributed by atoms with van der Waals surface area (Å²) in [5.41, 5.74) is -0.736. The van der Waals surface area contributed by atoms with Gasteiger partial charge in [-0.25, -0.2) is 18.1 Å². The molecule has 2 N–H and O–H groups in total. The van der Waals surface area contributed by atoms with Crippen LogP contribution in [0.25, 0.3) is 0 Å². The van der Waals surface area contributed by atoms with Crippen molar-refractivity contribution in [2.75, 3.05) is 6.61 Å². The van der Waals surface area contributed by atoms with Gasteiger partial charge in [0.25, 0.3) is 10.0 Å². The third kappa shape index (κ3) is 2.20. The summed E-state index contributed by atoms with van der Waals surface area (Å²) in [4.78, 5) is 3.76. The Morgan fingerprint density at radius 2 is 2.29 bits per heavy atom. The van der Waals surface area contributed by atoms with Gasteiger partial charge in [-0.3, -0.25) is 0 Å². The highest BCUT2D eigenvalue weighted by molar-refractivity contribution is 7.89. The average molecular weight is 280 g/mol. The number of imidazole rings is 1. The number of hydrogen-bond acceptors (Lipinski definition) is 4. The molecular weight excluding hydrogens is 266 g/mol. The number of hydrogen-bond donors (Lipinski definition) is 2. The number of nitrogens with one attached hydrogen (secondary N) is 1. The average Bonchev–Trinajstić information content (AvgIpc) is 2.54. The second-order valence-corrected chi connectivity index (χ2v) is 6.30. The highest BCUT2D eigenvalue weighted by Gasteiger charge is 2.41. The summed E-state index contributed by atoms with van der Waals surface area (Å²) in [6.45, 7) is -0.212. The molecule has 0 amide bonds. The van der Waals surface area contributed by atoms with Crippen LogP contribution in [0.3, 0.4) is 0 Å². The van der Waals surface area contributed by atoms with E-state index in [0.717, 1.165) is 6.42 Å². The van der Waals surface area contributed by atoms with Crippen LogP contribution < -0.4 is 4.72 Å². The topological polar surface area (TPSA) is 84.2 Å². The van der Waals surface area contributed by atoms with E-state index >= 15 is 0 Å². The molecule has 0 radical (unpaired) electrons. The monoisotopic (exact) mass is 279 g/mol. The number of nitrogens with zero attached hydrogens (tertiary/aromatic N) is 2. The normalized spacial score (nSPS) is 19.0. The van der Waals surface area contributed by atoms with E-state index in [1.165, 1.54) is 10.9 Å². The summed E-state index contributed by atoms with van der Waals surface area (Å²) in [6, 6.07) is 0. The molecule has 96 valence electrons. The lowest BCUT2D eigenvalue weighted by Gasteiger charge is -2.40. The fourth-order valence-corrected chi connectivity index (χ4v) is 3.69. The Hall–Kier alpha value is -0.630. The largest absolute Gasteiger partial charge is 0.394 e. The minimum Gasteiger partial charge on any atom is -0.394 e. The van der Waals surface area contributed by atoms with Gasteiger partial charge in [0.15, 0.2) is 0 Å². The van der Waals surface area contributed by atoms with Crippen molar-refractivity contribution >= 4 is 21.6 Å². The molecule has 0 atom stereocenters. The maximum absolute atomic E-state index is 12.1. The van der Waals surface area contributed by atoms with Gasteiger partial charge in [0.05, 0.1) is 18.5 Å². The Labute approximate surface area is 105 Å². The van der Waals surface area contributed by atoms with Gasteiger partial charge < -0.3 is 9.67 Å². The van der Waals surface area contributed by atoms with Crippen molar-refractivity contribution in [3.8, 4) is 0 Å². The van der Waals surface area contributed by atoms with E-state index in [9.17, 15) is 13.5 Å². The van der Waals surface area contributed by atoms with E-state index in [0.29, 0.717) is 12.8 Å². The zero-order chi connectivity index (χ0) is 12.7. The van der Waals surface area contributed by atoms with Crippen molar-refractivity contribution in [2.45, 2.75) is 29.8 Å². The van der Waals surface area contributed by atoms with Gasteiger partial charge >= 0.3 is 0 Å². The minimum absolute atomic E-state index is 0.0601. The van der Waals surface area contributed by atoms with Crippen molar-refractivity contribution < 1.29 is 13.5 Å². The van der Waals surface area contributed by atoms with E-state index in [4.69, 9.17) is 11.6 Å². The number of sulfonamides is 1. The number of halogens is 1. The number of aliphatic hydroxyl groups excluding tert-OH is 1. The summed E-state index contributed by atoms with van der Waals surface area (Å²) in [7, 11) is -2.16. The molecule has 17 heavy (non-hydrogen) atoms. The predicted molar refractivity (Wildman–Crippen MR) is 62.2 cm³/mol. The van der Waals surface area contributed by atoms with E-state index in [2.05, 4.69) is 9.71 Å². The zero-order valence-corrected chi connectivity index (χ0v) is 10.9. The summed E-state index contributed by atoms with van der Waals surface area (Å²) >= 11 is 5.85. The van der Waals surface area contributed by atoms with Crippen molar-refractivity contribution in [1.82, 2.24) is 14.3 Å². The molecule has 8 heteroatoms. The van der Waals surface area contributed by atoms with Gasteiger partial charge in [0, 0.05) is 7.05 Å². The lowest BCUT2D eigenvalue weighted by atomic mass is 9.78. The Kier molecular flexibility index (Phi) is 3.19. The number of rotatable bonds is 4. The summed E-state index contributed by atoms with van der Waals surface area (Å²) < 4.78 is 28.0. The molecule has 1 aromatic heterocycles. The molecule has 6 nitrogen and oxygen atoms in total. The smallest absolute Gasteiger partial charge is 0.261 e. The molecule has 0 bridgehead atoms. The Morgan fingerprint density at radius 3 is 2.65 bits per heavy atom. The second-order valence-electron chi connectivity index (χ2n) is 4.35. The first-order chi connectivity index (χ1) is 7.90. The van der Waals surface area contributed by atoms with Crippen molar-refractivity contribution in [3.05, 3.63) is 11.5 Å². The van der Waals surface area contributed by atoms with Crippen LogP contribution in [0.15, 0.2) is 11.4 Å². The first kappa shape index (κ1) is 12.8. The van der Waals surface area contributed by atoms with Crippen LogP contribution in [-0.4, -0.2) is 35.2 Å². The molecule has 1 aliphatic carbocycles. The van der Waals surface area contributed by atoms with Crippen LogP contribution in [0.1, 0.15) is 19.3 Å². The number of aliphatic hydroxyl groups is 1. The van der Waals surface area contributed by atoms with Crippen molar-refractivity contribution in [3.63, 3.8) is 0 Å². The van der Waals surface area contributed by atoms with Crippen LogP contribution in [-0.2, 0) is 17.1 Å². The Morgan fingerprint density at radius 1 is 1.65 bits per heavy atom. The molecule has 0 unspecified atom stereocenters. The highest BCUT2D eigenvalue weighted by Crippen LogP contribution is 2.33. The third-order valence-electron chi connectivity index (χ3n) is 3.05. The highest BCUT2D eigenvalue weighted by atomic mass is 35.5. The number of aromatic nitrogens is 2. The molecule has 0 spiro atoms. The molecule has 1 saturated carbocycles. The first-order valence-electron chi connectivity index (χ1n) is 5.22. The van der Waals surface area contributed by atoms with E-state index in [1.54, 1.807) is 7.05 Å².